The highest BCUT2D eigenvalue weighted by Crippen LogP contribution is 2.35. The number of carbonyl (C=O) groups excluding carboxylic acids is 1. The van der Waals surface area contributed by atoms with Crippen molar-refractivity contribution in [3.05, 3.63) is 17.5 Å². The molecule has 1 atom stereocenters. The Morgan fingerprint density at radius 2 is 2.33 bits per heavy atom. The number of carboxylic acids is 1. The number of carbonyl (C=O) groups is 2. The predicted octanol–water partition coefficient (Wildman–Crippen LogP) is 1.50. The van der Waals surface area contributed by atoms with Crippen LogP contribution in [0.2, 0.25) is 0 Å². The van der Waals surface area contributed by atoms with Crippen LogP contribution in [0, 0.1) is 12.3 Å². The SMILES string of the molecule is CCCC1(C(=O)O)CCN(C(=O)NCc2cn[nH]c2C)C1. The molecule has 0 saturated carbocycles. The molecule has 0 aromatic carbocycles. The number of amides is 2. The van der Waals surface area contributed by atoms with Crippen molar-refractivity contribution in [3.8, 4) is 0 Å². The number of aliphatic carboxylic acids is 1. The van der Waals surface area contributed by atoms with Crippen LogP contribution < -0.4 is 5.32 Å². The van der Waals surface area contributed by atoms with Crippen LogP contribution >= 0.6 is 0 Å². The van der Waals surface area contributed by atoms with E-state index in [9.17, 15) is 14.7 Å². The molecule has 1 aromatic heterocycles. The zero-order valence-corrected chi connectivity index (χ0v) is 12.5. The van der Waals surface area contributed by atoms with Crippen molar-refractivity contribution in [2.45, 2.75) is 39.7 Å². The van der Waals surface area contributed by atoms with Gasteiger partial charge in [-0.05, 0) is 19.8 Å². The Labute approximate surface area is 123 Å². The quantitative estimate of drug-likeness (QED) is 0.766. The maximum absolute atomic E-state index is 12.2. The van der Waals surface area contributed by atoms with Gasteiger partial charge >= 0.3 is 12.0 Å². The van der Waals surface area contributed by atoms with Crippen LogP contribution in [0.1, 0.15) is 37.4 Å². The van der Waals surface area contributed by atoms with E-state index in [0.717, 1.165) is 17.7 Å². The average molecular weight is 294 g/mol. The number of nitrogens with one attached hydrogen (secondary N) is 2. The fourth-order valence-electron chi connectivity index (χ4n) is 2.85. The van der Waals surface area contributed by atoms with E-state index in [-0.39, 0.29) is 12.6 Å². The molecular formula is C14H22N4O3. The van der Waals surface area contributed by atoms with Crippen LogP contribution in [-0.4, -0.2) is 45.3 Å². The van der Waals surface area contributed by atoms with Crippen molar-refractivity contribution < 1.29 is 14.7 Å². The van der Waals surface area contributed by atoms with E-state index in [0.29, 0.717) is 25.9 Å². The Bertz CT molecular complexity index is 528. The summed E-state index contributed by atoms with van der Waals surface area (Å²) in [7, 11) is 0. The van der Waals surface area contributed by atoms with E-state index in [1.807, 2.05) is 13.8 Å². The number of H-pyrrole nitrogens is 1. The average Bonchev–Trinajstić information content (AvgIpc) is 3.04. The second kappa shape index (κ2) is 6.15. The number of rotatable bonds is 5. The van der Waals surface area contributed by atoms with Crippen LogP contribution in [0.25, 0.3) is 0 Å². The molecular weight excluding hydrogens is 272 g/mol. The van der Waals surface area contributed by atoms with Crippen LogP contribution in [0.3, 0.4) is 0 Å². The summed E-state index contributed by atoms with van der Waals surface area (Å²) in [4.78, 5) is 25.3. The summed E-state index contributed by atoms with van der Waals surface area (Å²) in [6.45, 7) is 5.02. The second-order valence-corrected chi connectivity index (χ2v) is 5.69. The largest absolute Gasteiger partial charge is 0.481 e. The third-order valence-electron chi connectivity index (χ3n) is 4.19. The molecule has 1 aromatic rings. The van der Waals surface area contributed by atoms with Gasteiger partial charge in [0.2, 0.25) is 0 Å². The lowest BCUT2D eigenvalue weighted by atomic mass is 9.83. The third-order valence-corrected chi connectivity index (χ3v) is 4.19. The zero-order valence-electron chi connectivity index (χ0n) is 12.5. The fraction of sp³-hybridized carbons (Fsp3) is 0.643. The molecule has 1 aliphatic heterocycles. The summed E-state index contributed by atoms with van der Waals surface area (Å²) < 4.78 is 0. The Hall–Kier alpha value is -2.05. The van der Waals surface area contributed by atoms with Gasteiger partial charge in [-0.25, -0.2) is 4.79 Å². The summed E-state index contributed by atoms with van der Waals surface area (Å²) >= 11 is 0. The van der Waals surface area contributed by atoms with Gasteiger partial charge in [0.1, 0.15) is 0 Å². The lowest BCUT2D eigenvalue weighted by Crippen LogP contribution is -2.41. The number of hydrogen-bond donors (Lipinski definition) is 3. The molecule has 1 fully saturated rings. The summed E-state index contributed by atoms with van der Waals surface area (Å²) in [5.41, 5.74) is 1.07. The summed E-state index contributed by atoms with van der Waals surface area (Å²) in [6, 6.07) is -0.213. The number of hydrogen-bond acceptors (Lipinski definition) is 3. The number of aromatic nitrogens is 2. The minimum absolute atomic E-state index is 0.213. The molecule has 1 aliphatic rings. The Balaban J connectivity index is 1.92. The molecule has 2 rings (SSSR count). The Morgan fingerprint density at radius 3 is 2.90 bits per heavy atom. The topological polar surface area (TPSA) is 98.3 Å². The minimum atomic E-state index is -0.801. The third kappa shape index (κ3) is 3.17. The summed E-state index contributed by atoms with van der Waals surface area (Å²) in [5, 5.41) is 19.0. The van der Waals surface area contributed by atoms with E-state index in [1.54, 1.807) is 11.1 Å². The molecule has 2 amide bonds. The molecule has 0 radical (unpaired) electrons. The monoisotopic (exact) mass is 294 g/mol. The number of aryl methyl sites for hydroxylation is 1. The predicted molar refractivity (Wildman–Crippen MR) is 76.7 cm³/mol. The number of nitrogens with zero attached hydrogens (tertiary/aromatic N) is 2. The van der Waals surface area contributed by atoms with E-state index >= 15 is 0 Å². The summed E-state index contributed by atoms with van der Waals surface area (Å²) in [5.74, 6) is -0.801. The van der Waals surface area contributed by atoms with Gasteiger partial charge in [0.05, 0.1) is 11.6 Å². The molecule has 2 heterocycles. The van der Waals surface area contributed by atoms with Crippen LogP contribution in [0.4, 0.5) is 4.79 Å². The highest BCUT2D eigenvalue weighted by molar-refractivity contribution is 5.79. The van der Waals surface area contributed by atoms with Crippen molar-refractivity contribution in [1.29, 1.82) is 0 Å². The first kappa shape index (κ1) is 15.3. The minimum Gasteiger partial charge on any atom is -0.481 e. The van der Waals surface area contributed by atoms with Gasteiger partial charge in [-0.1, -0.05) is 13.3 Å². The molecule has 7 nitrogen and oxygen atoms in total. The molecule has 3 N–H and O–H groups in total. The molecule has 0 bridgehead atoms. The van der Waals surface area contributed by atoms with Gasteiger partial charge in [0.25, 0.3) is 0 Å². The second-order valence-electron chi connectivity index (χ2n) is 5.69. The molecule has 0 aliphatic carbocycles. The van der Waals surface area contributed by atoms with Gasteiger partial charge < -0.3 is 15.3 Å². The van der Waals surface area contributed by atoms with E-state index < -0.39 is 11.4 Å². The van der Waals surface area contributed by atoms with E-state index in [4.69, 9.17) is 0 Å². The van der Waals surface area contributed by atoms with Gasteiger partial charge in [0.15, 0.2) is 0 Å². The Kier molecular flexibility index (Phi) is 4.50. The van der Waals surface area contributed by atoms with Crippen molar-refractivity contribution in [1.82, 2.24) is 20.4 Å². The van der Waals surface area contributed by atoms with Crippen LogP contribution in [0.15, 0.2) is 6.20 Å². The van der Waals surface area contributed by atoms with Crippen molar-refractivity contribution in [2.75, 3.05) is 13.1 Å². The first-order valence-electron chi connectivity index (χ1n) is 7.23. The molecule has 116 valence electrons. The molecule has 7 heteroatoms. The van der Waals surface area contributed by atoms with Gasteiger partial charge in [-0.3, -0.25) is 9.89 Å². The first-order valence-corrected chi connectivity index (χ1v) is 7.23. The molecule has 1 unspecified atom stereocenters. The van der Waals surface area contributed by atoms with Gasteiger partial charge in [-0.2, -0.15) is 5.10 Å². The smallest absolute Gasteiger partial charge is 0.317 e. The first-order chi connectivity index (χ1) is 9.98. The van der Waals surface area contributed by atoms with E-state index in [2.05, 4.69) is 15.5 Å². The Morgan fingerprint density at radius 1 is 1.57 bits per heavy atom. The highest BCUT2D eigenvalue weighted by atomic mass is 16.4. The molecule has 0 spiro atoms. The number of carboxylic acid groups (broad SMARTS) is 1. The number of urea groups is 1. The maximum atomic E-state index is 12.2. The van der Waals surface area contributed by atoms with Gasteiger partial charge in [-0.15, -0.1) is 0 Å². The lowest BCUT2D eigenvalue weighted by molar-refractivity contribution is -0.148. The normalized spacial score (nSPS) is 21.5. The van der Waals surface area contributed by atoms with Gasteiger partial charge in [0, 0.05) is 30.9 Å². The fourth-order valence-corrected chi connectivity index (χ4v) is 2.85. The van der Waals surface area contributed by atoms with Crippen molar-refractivity contribution in [3.63, 3.8) is 0 Å². The van der Waals surface area contributed by atoms with Crippen molar-refractivity contribution >= 4 is 12.0 Å². The van der Waals surface area contributed by atoms with Crippen LogP contribution in [0.5, 0.6) is 0 Å². The molecule has 1 saturated heterocycles. The number of likely N-dealkylation sites (tertiary alicyclic amines) is 1. The zero-order chi connectivity index (χ0) is 15.5. The molecule has 21 heavy (non-hydrogen) atoms. The number of aromatic amines is 1. The van der Waals surface area contributed by atoms with E-state index in [1.165, 1.54) is 0 Å². The summed E-state index contributed by atoms with van der Waals surface area (Å²) in [6.07, 6.45) is 3.61. The van der Waals surface area contributed by atoms with Crippen LogP contribution in [-0.2, 0) is 11.3 Å². The standard InChI is InChI=1S/C14H22N4O3/c1-3-4-14(12(19)20)5-6-18(9-14)13(21)15-7-11-8-16-17-10(11)2/h8H,3-7,9H2,1-2H3,(H,15,21)(H,16,17)(H,19,20). The van der Waals surface area contributed by atoms with Crippen molar-refractivity contribution in [2.24, 2.45) is 5.41 Å². The maximum Gasteiger partial charge on any atom is 0.317 e. The highest BCUT2D eigenvalue weighted by Gasteiger charge is 2.45. The lowest BCUT2D eigenvalue weighted by Gasteiger charge is -2.24.